The zero-order valence-corrected chi connectivity index (χ0v) is 10.2. The summed E-state index contributed by atoms with van der Waals surface area (Å²) in [5, 5.41) is 3.02. The molecule has 3 rings (SSSR count). The Hall–Kier alpha value is -1.07. The van der Waals surface area contributed by atoms with Gasteiger partial charge in [-0.05, 0) is 19.9 Å². The zero-order valence-electron chi connectivity index (χ0n) is 10.2. The summed E-state index contributed by atoms with van der Waals surface area (Å²) in [5.74, 6) is 0. The van der Waals surface area contributed by atoms with Gasteiger partial charge < -0.3 is 9.64 Å². The van der Waals surface area contributed by atoms with Crippen LogP contribution in [0.4, 0.5) is 0 Å². The van der Waals surface area contributed by atoms with Crippen LogP contribution in [0.15, 0.2) is 4.79 Å². The number of aromatic amines is 1. The van der Waals surface area contributed by atoms with Gasteiger partial charge in [0.05, 0.1) is 11.6 Å². The first-order valence-corrected chi connectivity index (χ1v) is 6.34. The summed E-state index contributed by atoms with van der Waals surface area (Å²) in [4.78, 5) is 14.1. The number of hydrogen-bond acceptors (Lipinski definition) is 3. The standard InChI is InChI=1S/C12H19N3O2/c1-14-5-2-11-10(8-14)12(16)13-15(11)9-3-6-17-7-4-9/h9H,2-8H2,1H3,(H,13,16). The highest BCUT2D eigenvalue weighted by atomic mass is 16.5. The molecule has 1 fully saturated rings. The molecule has 0 aliphatic carbocycles. The van der Waals surface area contributed by atoms with Gasteiger partial charge in [-0.3, -0.25) is 14.6 Å². The third kappa shape index (κ3) is 1.93. The molecule has 0 bridgehead atoms. The van der Waals surface area contributed by atoms with E-state index in [-0.39, 0.29) is 5.56 Å². The quantitative estimate of drug-likeness (QED) is 0.774. The minimum absolute atomic E-state index is 0.0954. The van der Waals surface area contributed by atoms with Gasteiger partial charge in [0.25, 0.3) is 5.56 Å². The number of nitrogens with one attached hydrogen (secondary N) is 1. The number of hydrogen-bond donors (Lipinski definition) is 1. The van der Waals surface area contributed by atoms with Crippen LogP contribution < -0.4 is 5.56 Å². The average Bonchev–Trinajstić information content (AvgIpc) is 2.68. The lowest BCUT2D eigenvalue weighted by atomic mass is 10.1. The first-order valence-electron chi connectivity index (χ1n) is 6.34. The molecular formula is C12H19N3O2. The van der Waals surface area contributed by atoms with Gasteiger partial charge >= 0.3 is 0 Å². The van der Waals surface area contributed by atoms with Crippen LogP contribution in [0.2, 0.25) is 0 Å². The van der Waals surface area contributed by atoms with Crippen LogP contribution in [-0.4, -0.2) is 41.5 Å². The molecule has 1 aromatic rings. The second-order valence-electron chi connectivity index (χ2n) is 5.07. The van der Waals surface area contributed by atoms with E-state index in [1.807, 2.05) is 0 Å². The summed E-state index contributed by atoms with van der Waals surface area (Å²) >= 11 is 0. The van der Waals surface area contributed by atoms with Crippen molar-refractivity contribution in [1.82, 2.24) is 14.7 Å². The van der Waals surface area contributed by atoms with E-state index in [2.05, 4.69) is 21.7 Å². The molecule has 5 heteroatoms. The van der Waals surface area contributed by atoms with Crippen molar-refractivity contribution in [2.45, 2.75) is 31.8 Å². The molecule has 0 radical (unpaired) electrons. The molecule has 0 spiro atoms. The Kier molecular flexibility index (Phi) is 2.80. The highest BCUT2D eigenvalue weighted by molar-refractivity contribution is 5.21. The number of fused-ring (bicyclic) bond motifs is 1. The first kappa shape index (κ1) is 11.0. The molecule has 0 amide bonds. The minimum Gasteiger partial charge on any atom is -0.381 e. The second kappa shape index (κ2) is 4.31. The Morgan fingerprint density at radius 1 is 1.35 bits per heavy atom. The fourth-order valence-electron chi connectivity index (χ4n) is 2.86. The van der Waals surface area contributed by atoms with Crippen molar-refractivity contribution >= 4 is 0 Å². The van der Waals surface area contributed by atoms with Crippen molar-refractivity contribution < 1.29 is 4.74 Å². The third-order valence-electron chi connectivity index (χ3n) is 3.85. The molecule has 0 unspecified atom stereocenters. The highest BCUT2D eigenvalue weighted by Crippen LogP contribution is 2.24. The molecule has 2 aliphatic heterocycles. The molecule has 1 aromatic heterocycles. The van der Waals surface area contributed by atoms with E-state index in [1.54, 1.807) is 0 Å². The SMILES string of the molecule is CN1CCc2c(c(=O)[nH]n2C2CCOCC2)C1. The normalized spacial score (nSPS) is 22.6. The Bertz CT molecular complexity index is 457. The second-order valence-corrected chi connectivity index (χ2v) is 5.07. The number of H-pyrrole nitrogens is 1. The molecule has 3 heterocycles. The lowest BCUT2D eigenvalue weighted by molar-refractivity contribution is 0.0650. The lowest BCUT2D eigenvalue weighted by Gasteiger charge is -2.28. The monoisotopic (exact) mass is 237 g/mol. The van der Waals surface area contributed by atoms with E-state index in [9.17, 15) is 4.79 Å². The number of nitrogens with zero attached hydrogens (tertiary/aromatic N) is 2. The highest BCUT2D eigenvalue weighted by Gasteiger charge is 2.25. The van der Waals surface area contributed by atoms with Crippen molar-refractivity contribution in [2.75, 3.05) is 26.8 Å². The maximum absolute atomic E-state index is 11.9. The van der Waals surface area contributed by atoms with Crippen LogP contribution in [-0.2, 0) is 17.7 Å². The van der Waals surface area contributed by atoms with Crippen LogP contribution in [0, 0.1) is 0 Å². The van der Waals surface area contributed by atoms with E-state index in [0.717, 1.165) is 51.1 Å². The lowest BCUT2D eigenvalue weighted by Crippen LogP contribution is -2.30. The predicted molar refractivity (Wildman–Crippen MR) is 64.2 cm³/mol. The van der Waals surface area contributed by atoms with Crippen molar-refractivity contribution in [1.29, 1.82) is 0 Å². The van der Waals surface area contributed by atoms with Gasteiger partial charge in [-0.1, -0.05) is 0 Å². The van der Waals surface area contributed by atoms with Gasteiger partial charge in [0.2, 0.25) is 0 Å². The maximum atomic E-state index is 11.9. The fraction of sp³-hybridized carbons (Fsp3) is 0.750. The van der Waals surface area contributed by atoms with Crippen molar-refractivity contribution in [3.63, 3.8) is 0 Å². The van der Waals surface area contributed by atoms with Crippen LogP contribution >= 0.6 is 0 Å². The molecule has 0 atom stereocenters. The molecular weight excluding hydrogens is 218 g/mol. The van der Waals surface area contributed by atoms with Crippen molar-refractivity contribution in [3.8, 4) is 0 Å². The summed E-state index contributed by atoms with van der Waals surface area (Å²) in [5.41, 5.74) is 2.28. The van der Waals surface area contributed by atoms with E-state index >= 15 is 0 Å². The Morgan fingerprint density at radius 2 is 2.12 bits per heavy atom. The van der Waals surface area contributed by atoms with Gasteiger partial charge in [0.1, 0.15) is 0 Å². The van der Waals surface area contributed by atoms with Crippen molar-refractivity contribution in [3.05, 3.63) is 21.6 Å². The number of aromatic nitrogens is 2. The Labute approximate surface area is 100 Å². The van der Waals surface area contributed by atoms with Crippen LogP contribution in [0.25, 0.3) is 0 Å². The number of ether oxygens (including phenoxy) is 1. The van der Waals surface area contributed by atoms with E-state index in [1.165, 1.54) is 5.69 Å². The average molecular weight is 237 g/mol. The minimum atomic E-state index is 0.0954. The summed E-state index contributed by atoms with van der Waals surface area (Å²) < 4.78 is 7.49. The fourth-order valence-corrected chi connectivity index (χ4v) is 2.86. The summed E-state index contributed by atoms with van der Waals surface area (Å²) in [6.07, 6.45) is 2.99. The maximum Gasteiger partial charge on any atom is 0.268 e. The molecule has 5 nitrogen and oxygen atoms in total. The largest absolute Gasteiger partial charge is 0.381 e. The van der Waals surface area contributed by atoms with E-state index in [4.69, 9.17) is 4.74 Å². The Balaban J connectivity index is 1.95. The van der Waals surface area contributed by atoms with Gasteiger partial charge in [0.15, 0.2) is 0 Å². The number of rotatable bonds is 1. The molecule has 17 heavy (non-hydrogen) atoms. The molecule has 1 N–H and O–H groups in total. The summed E-state index contributed by atoms with van der Waals surface area (Å²) in [7, 11) is 2.06. The van der Waals surface area contributed by atoms with Crippen LogP contribution in [0.5, 0.6) is 0 Å². The Morgan fingerprint density at radius 3 is 2.88 bits per heavy atom. The molecule has 0 aromatic carbocycles. The number of likely N-dealkylation sites (N-methyl/N-ethyl adjacent to an activating group) is 1. The molecule has 1 saturated heterocycles. The van der Waals surface area contributed by atoms with Gasteiger partial charge in [-0.2, -0.15) is 0 Å². The van der Waals surface area contributed by atoms with Crippen molar-refractivity contribution in [2.24, 2.45) is 0 Å². The molecule has 94 valence electrons. The van der Waals surface area contributed by atoms with E-state index in [0.29, 0.717) is 6.04 Å². The molecule has 2 aliphatic rings. The van der Waals surface area contributed by atoms with Gasteiger partial charge in [0, 0.05) is 38.4 Å². The topological polar surface area (TPSA) is 50.3 Å². The van der Waals surface area contributed by atoms with Crippen LogP contribution in [0.1, 0.15) is 30.1 Å². The van der Waals surface area contributed by atoms with E-state index < -0.39 is 0 Å². The smallest absolute Gasteiger partial charge is 0.268 e. The summed E-state index contributed by atoms with van der Waals surface area (Å²) in [6, 6.07) is 0.420. The van der Waals surface area contributed by atoms with Gasteiger partial charge in [-0.25, -0.2) is 0 Å². The van der Waals surface area contributed by atoms with Gasteiger partial charge in [-0.15, -0.1) is 0 Å². The molecule has 0 saturated carbocycles. The third-order valence-corrected chi connectivity index (χ3v) is 3.85. The van der Waals surface area contributed by atoms with Crippen LogP contribution in [0.3, 0.4) is 0 Å². The summed E-state index contributed by atoms with van der Waals surface area (Å²) in [6.45, 7) is 3.42. The zero-order chi connectivity index (χ0) is 11.8. The predicted octanol–water partition coefficient (Wildman–Crippen LogP) is 0.516. The first-order chi connectivity index (χ1) is 8.25.